The van der Waals surface area contributed by atoms with Crippen molar-refractivity contribution in [2.75, 3.05) is 17.3 Å². The quantitative estimate of drug-likeness (QED) is 0.808. The summed E-state index contributed by atoms with van der Waals surface area (Å²) < 4.78 is 28.1. The van der Waals surface area contributed by atoms with Gasteiger partial charge in [-0.15, -0.1) is 12.4 Å². The molecule has 1 amide bonds. The SMILES string of the molecule is CSCC[C@H](N)C(=O)Nc1ccc(OC(F)F)cc1.Cl. The van der Waals surface area contributed by atoms with Gasteiger partial charge >= 0.3 is 6.61 Å². The van der Waals surface area contributed by atoms with Crippen LogP contribution < -0.4 is 15.8 Å². The summed E-state index contributed by atoms with van der Waals surface area (Å²) in [4.78, 5) is 11.7. The Bertz CT molecular complexity index is 407. The second-order valence-electron chi connectivity index (χ2n) is 3.78. The van der Waals surface area contributed by atoms with Crippen molar-refractivity contribution in [1.29, 1.82) is 0 Å². The number of alkyl halides is 2. The topological polar surface area (TPSA) is 64.4 Å². The first-order valence-corrected chi connectivity index (χ1v) is 7.02. The van der Waals surface area contributed by atoms with Gasteiger partial charge in [0.05, 0.1) is 6.04 Å². The van der Waals surface area contributed by atoms with E-state index in [9.17, 15) is 13.6 Å². The maximum atomic E-state index is 11.9. The Morgan fingerprint density at radius 1 is 1.40 bits per heavy atom. The van der Waals surface area contributed by atoms with Crippen LogP contribution in [0.4, 0.5) is 14.5 Å². The Balaban J connectivity index is 0.00000361. The Labute approximate surface area is 126 Å². The smallest absolute Gasteiger partial charge is 0.387 e. The summed E-state index contributed by atoms with van der Waals surface area (Å²) in [5, 5.41) is 2.61. The van der Waals surface area contributed by atoms with Crippen LogP contribution in [-0.4, -0.2) is 30.6 Å². The van der Waals surface area contributed by atoms with Crippen molar-refractivity contribution in [2.24, 2.45) is 5.73 Å². The fourth-order valence-electron chi connectivity index (χ4n) is 1.33. The lowest BCUT2D eigenvalue weighted by Crippen LogP contribution is -2.36. The van der Waals surface area contributed by atoms with E-state index in [1.54, 1.807) is 11.8 Å². The Morgan fingerprint density at radius 2 is 2.00 bits per heavy atom. The molecule has 1 atom stereocenters. The lowest BCUT2D eigenvalue weighted by atomic mass is 10.2. The summed E-state index contributed by atoms with van der Waals surface area (Å²) in [5.41, 5.74) is 6.19. The maximum absolute atomic E-state index is 11.9. The van der Waals surface area contributed by atoms with Gasteiger partial charge in [-0.05, 0) is 42.7 Å². The van der Waals surface area contributed by atoms with E-state index < -0.39 is 12.7 Å². The molecule has 0 unspecified atom stereocenters. The molecule has 8 heteroatoms. The van der Waals surface area contributed by atoms with Gasteiger partial charge in [0, 0.05) is 5.69 Å². The fourth-order valence-corrected chi connectivity index (χ4v) is 1.82. The molecule has 114 valence electrons. The molecule has 0 heterocycles. The van der Waals surface area contributed by atoms with Crippen LogP contribution in [0.25, 0.3) is 0 Å². The van der Waals surface area contributed by atoms with E-state index in [0.29, 0.717) is 12.1 Å². The maximum Gasteiger partial charge on any atom is 0.387 e. The molecule has 20 heavy (non-hydrogen) atoms. The molecular weight excluding hydrogens is 310 g/mol. The monoisotopic (exact) mass is 326 g/mol. The van der Waals surface area contributed by atoms with Crippen LogP contribution in [-0.2, 0) is 4.79 Å². The molecular formula is C12H17ClF2N2O2S. The molecule has 1 rings (SSSR count). The molecule has 0 aromatic heterocycles. The minimum atomic E-state index is -2.86. The van der Waals surface area contributed by atoms with Gasteiger partial charge in [-0.1, -0.05) is 0 Å². The van der Waals surface area contributed by atoms with Gasteiger partial charge in [-0.2, -0.15) is 20.5 Å². The molecule has 1 aromatic carbocycles. The van der Waals surface area contributed by atoms with Crippen LogP contribution in [0.2, 0.25) is 0 Å². The number of nitrogens with two attached hydrogens (primary N) is 1. The highest BCUT2D eigenvalue weighted by Crippen LogP contribution is 2.17. The molecule has 3 N–H and O–H groups in total. The van der Waals surface area contributed by atoms with E-state index in [1.165, 1.54) is 24.3 Å². The van der Waals surface area contributed by atoms with Crippen LogP contribution in [0.15, 0.2) is 24.3 Å². The summed E-state index contributed by atoms with van der Waals surface area (Å²) >= 11 is 1.61. The summed E-state index contributed by atoms with van der Waals surface area (Å²) in [6.45, 7) is -2.86. The van der Waals surface area contributed by atoms with Gasteiger partial charge in [0.2, 0.25) is 5.91 Å². The third kappa shape index (κ3) is 6.93. The number of nitrogens with one attached hydrogen (secondary N) is 1. The largest absolute Gasteiger partial charge is 0.435 e. The first-order valence-electron chi connectivity index (χ1n) is 5.63. The number of amides is 1. The minimum absolute atomic E-state index is 0. The zero-order valence-electron chi connectivity index (χ0n) is 10.8. The number of hydrogen-bond donors (Lipinski definition) is 2. The van der Waals surface area contributed by atoms with Crippen molar-refractivity contribution < 1.29 is 18.3 Å². The molecule has 0 aliphatic rings. The van der Waals surface area contributed by atoms with Crippen LogP contribution >= 0.6 is 24.2 Å². The molecule has 0 fully saturated rings. The van der Waals surface area contributed by atoms with Crippen molar-refractivity contribution in [2.45, 2.75) is 19.1 Å². The highest BCUT2D eigenvalue weighted by Gasteiger charge is 2.13. The van der Waals surface area contributed by atoms with Crippen LogP contribution in [0, 0.1) is 0 Å². The number of carbonyl (C=O) groups is 1. The van der Waals surface area contributed by atoms with Gasteiger partial charge < -0.3 is 15.8 Å². The van der Waals surface area contributed by atoms with Crippen molar-refractivity contribution >= 4 is 35.8 Å². The minimum Gasteiger partial charge on any atom is -0.435 e. The molecule has 4 nitrogen and oxygen atoms in total. The van der Waals surface area contributed by atoms with E-state index in [-0.39, 0.29) is 24.1 Å². The molecule has 1 aromatic rings. The van der Waals surface area contributed by atoms with Gasteiger partial charge in [-0.25, -0.2) is 0 Å². The number of benzene rings is 1. The van der Waals surface area contributed by atoms with Crippen LogP contribution in [0.1, 0.15) is 6.42 Å². The number of carbonyl (C=O) groups excluding carboxylic acids is 1. The second kappa shape index (κ2) is 9.79. The third-order valence-corrected chi connectivity index (χ3v) is 2.96. The van der Waals surface area contributed by atoms with E-state index >= 15 is 0 Å². The molecule has 0 bridgehead atoms. The number of ether oxygens (including phenoxy) is 1. The molecule has 0 aliphatic heterocycles. The summed E-state index contributed by atoms with van der Waals surface area (Å²) in [5.74, 6) is 0.548. The summed E-state index contributed by atoms with van der Waals surface area (Å²) in [7, 11) is 0. The average Bonchev–Trinajstić information content (AvgIpc) is 2.37. The number of hydrogen-bond acceptors (Lipinski definition) is 4. The number of halogens is 3. The third-order valence-electron chi connectivity index (χ3n) is 2.32. The van der Waals surface area contributed by atoms with E-state index in [1.807, 2.05) is 6.26 Å². The number of rotatable bonds is 7. The fraction of sp³-hybridized carbons (Fsp3) is 0.417. The van der Waals surface area contributed by atoms with E-state index in [4.69, 9.17) is 5.73 Å². The lowest BCUT2D eigenvalue weighted by molar-refractivity contribution is -0.117. The zero-order valence-corrected chi connectivity index (χ0v) is 12.5. The summed E-state index contributed by atoms with van der Waals surface area (Å²) in [6.07, 6.45) is 2.52. The number of thioether (sulfide) groups is 1. The molecule has 0 aliphatic carbocycles. The highest BCUT2D eigenvalue weighted by atomic mass is 35.5. The van der Waals surface area contributed by atoms with Crippen molar-refractivity contribution in [3.8, 4) is 5.75 Å². The zero-order chi connectivity index (χ0) is 14.3. The molecule has 0 radical (unpaired) electrons. The summed E-state index contributed by atoms with van der Waals surface area (Å²) in [6, 6.07) is 5.10. The van der Waals surface area contributed by atoms with Crippen molar-refractivity contribution in [3.63, 3.8) is 0 Å². The van der Waals surface area contributed by atoms with Gasteiger partial charge in [-0.3, -0.25) is 4.79 Å². The molecule has 0 saturated heterocycles. The van der Waals surface area contributed by atoms with Crippen LogP contribution in [0.5, 0.6) is 5.75 Å². The lowest BCUT2D eigenvalue weighted by Gasteiger charge is -2.12. The molecule has 0 saturated carbocycles. The predicted octanol–water partition coefficient (Wildman–Crippen LogP) is 2.73. The predicted molar refractivity (Wildman–Crippen MR) is 79.9 cm³/mol. The normalized spacial score (nSPS) is 11.7. The van der Waals surface area contributed by atoms with Gasteiger partial charge in [0.15, 0.2) is 0 Å². The van der Waals surface area contributed by atoms with E-state index in [2.05, 4.69) is 10.1 Å². The standard InChI is InChI=1S/C12H16F2N2O2S.ClH/c1-19-7-6-10(15)11(17)16-8-2-4-9(5-3-8)18-12(13)14;/h2-5,10,12H,6-7,15H2,1H3,(H,16,17);1H/t10-;/m0./s1. The first kappa shape index (κ1) is 18.9. The average molecular weight is 327 g/mol. The molecule has 0 spiro atoms. The van der Waals surface area contributed by atoms with Gasteiger partial charge in [0.25, 0.3) is 0 Å². The Morgan fingerprint density at radius 3 is 2.50 bits per heavy atom. The Kier molecular flexibility index (Phi) is 9.28. The number of anilines is 1. The Hall–Kier alpha value is -1.05. The van der Waals surface area contributed by atoms with E-state index in [0.717, 1.165) is 5.75 Å². The first-order chi connectivity index (χ1) is 9.02. The van der Waals surface area contributed by atoms with Crippen molar-refractivity contribution in [1.82, 2.24) is 0 Å². The highest BCUT2D eigenvalue weighted by molar-refractivity contribution is 7.98. The van der Waals surface area contributed by atoms with Crippen LogP contribution in [0.3, 0.4) is 0 Å². The second-order valence-corrected chi connectivity index (χ2v) is 4.77. The van der Waals surface area contributed by atoms with Crippen molar-refractivity contribution in [3.05, 3.63) is 24.3 Å². The van der Waals surface area contributed by atoms with Gasteiger partial charge in [0.1, 0.15) is 5.75 Å².